The van der Waals surface area contributed by atoms with Crippen LogP contribution in [-0.2, 0) is 16.1 Å². The van der Waals surface area contributed by atoms with Gasteiger partial charge in [0, 0.05) is 30.1 Å². The smallest absolute Gasteiger partial charge is 0.234 e. The van der Waals surface area contributed by atoms with Crippen molar-refractivity contribution in [2.75, 3.05) is 13.1 Å². The zero-order chi connectivity index (χ0) is 20.5. The van der Waals surface area contributed by atoms with Gasteiger partial charge in [-0.2, -0.15) is 0 Å². The average Bonchev–Trinajstić information content (AvgIpc) is 2.71. The lowest BCUT2D eigenvalue weighted by atomic mass is 9.76. The first-order valence-electron chi connectivity index (χ1n) is 10.6. The third-order valence-electron chi connectivity index (χ3n) is 6.56. The average molecular weight is 434 g/mol. The number of hydrogen-bond donors (Lipinski definition) is 1. The Hall–Kier alpha value is -1.66. The van der Waals surface area contributed by atoms with Gasteiger partial charge in [-0.1, -0.05) is 30.7 Å². The molecule has 0 aromatic heterocycles. The van der Waals surface area contributed by atoms with E-state index >= 15 is 0 Å². The van der Waals surface area contributed by atoms with Gasteiger partial charge >= 0.3 is 0 Å². The summed E-state index contributed by atoms with van der Waals surface area (Å²) >= 11 is 11.5. The highest BCUT2D eigenvalue weighted by Gasteiger charge is 2.44. The Labute approximate surface area is 182 Å². The Balaban J connectivity index is 1.40. The van der Waals surface area contributed by atoms with Crippen molar-refractivity contribution in [3.8, 4) is 0 Å². The third kappa shape index (κ3) is 4.43. The highest BCUT2D eigenvalue weighted by atomic mass is 35.5. The molecule has 1 aromatic carbocycles. The molecular weight excluding hydrogens is 406 g/mol. The minimum Gasteiger partial charge on any atom is -0.359 e. The zero-order valence-corrected chi connectivity index (χ0v) is 18.3. The van der Waals surface area contributed by atoms with Crippen LogP contribution in [-0.4, -0.2) is 45.9 Å². The largest absolute Gasteiger partial charge is 0.359 e. The number of thiocarbonyl (C=S) groups is 1. The fourth-order valence-electron chi connectivity index (χ4n) is 4.96. The Morgan fingerprint density at radius 2 is 2.00 bits per heavy atom. The van der Waals surface area contributed by atoms with E-state index < -0.39 is 0 Å². The monoisotopic (exact) mass is 433 g/mol. The maximum atomic E-state index is 13.1. The van der Waals surface area contributed by atoms with Gasteiger partial charge in [0.2, 0.25) is 11.8 Å². The summed E-state index contributed by atoms with van der Waals surface area (Å²) in [6.07, 6.45) is 4.49. The number of fused-ring (bicyclic) bond motifs is 1. The summed E-state index contributed by atoms with van der Waals surface area (Å²) in [4.78, 5) is 29.9. The molecule has 3 aliphatic rings. The molecular formula is C22H28ClN3O2S. The molecule has 5 nitrogen and oxygen atoms in total. The summed E-state index contributed by atoms with van der Waals surface area (Å²) < 4.78 is 0. The SMILES string of the molecule is CC1CCCN(C(=O)C2CCC3C(=O)N(Cc4ccc(Cl)cc4)C(=S)NC3C2)C1. The lowest BCUT2D eigenvalue weighted by Crippen LogP contribution is -2.61. The van der Waals surface area contributed by atoms with E-state index in [1.807, 2.05) is 29.2 Å². The molecule has 0 bridgehead atoms. The van der Waals surface area contributed by atoms with Crippen LogP contribution >= 0.6 is 23.8 Å². The number of nitrogens with one attached hydrogen (secondary N) is 1. The second-order valence-electron chi connectivity index (χ2n) is 8.75. The zero-order valence-electron chi connectivity index (χ0n) is 16.8. The van der Waals surface area contributed by atoms with E-state index in [0.29, 0.717) is 29.0 Å². The molecule has 0 radical (unpaired) electrons. The predicted octanol–water partition coefficient (Wildman–Crippen LogP) is 3.60. The Kier molecular flexibility index (Phi) is 6.11. The van der Waals surface area contributed by atoms with Gasteiger partial charge in [-0.15, -0.1) is 0 Å². The molecule has 2 aliphatic heterocycles. The van der Waals surface area contributed by atoms with Crippen molar-refractivity contribution in [2.45, 2.75) is 51.6 Å². The Morgan fingerprint density at radius 3 is 2.72 bits per heavy atom. The van der Waals surface area contributed by atoms with Gasteiger partial charge < -0.3 is 10.2 Å². The Bertz CT molecular complexity index is 800. The molecule has 4 unspecified atom stereocenters. The van der Waals surface area contributed by atoms with Crippen molar-refractivity contribution in [2.24, 2.45) is 17.8 Å². The van der Waals surface area contributed by atoms with Crippen LogP contribution in [0.3, 0.4) is 0 Å². The summed E-state index contributed by atoms with van der Waals surface area (Å²) in [5.41, 5.74) is 0.994. The van der Waals surface area contributed by atoms with Gasteiger partial charge in [0.1, 0.15) is 0 Å². The Morgan fingerprint density at radius 1 is 1.24 bits per heavy atom. The quantitative estimate of drug-likeness (QED) is 0.740. The third-order valence-corrected chi connectivity index (χ3v) is 7.15. The molecule has 4 rings (SSSR count). The number of carbonyl (C=O) groups is 2. The van der Waals surface area contributed by atoms with Crippen LogP contribution in [0.1, 0.15) is 44.6 Å². The first kappa shape index (κ1) is 20.6. The molecule has 3 fully saturated rings. The number of amides is 2. The number of hydrogen-bond acceptors (Lipinski definition) is 3. The number of likely N-dealkylation sites (tertiary alicyclic amines) is 1. The van der Waals surface area contributed by atoms with Crippen molar-refractivity contribution in [1.82, 2.24) is 15.1 Å². The van der Waals surface area contributed by atoms with E-state index in [1.165, 1.54) is 6.42 Å². The van der Waals surface area contributed by atoms with Crippen molar-refractivity contribution in [3.63, 3.8) is 0 Å². The minimum atomic E-state index is -0.113. The summed E-state index contributed by atoms with van der Waals surface area (Å²) in [5.74, 6) is 0.795. The van der Waals surface area contributed by atoms with E-state index in [-0.39, 0.29) is 29.7 Å². The van der Waals surface area contributed by atoms with E-state index in [1.54, 1.807) is 4.90 Å². The number of nitrogens with zero attached hydrogens (tertiary/aromatic N) is 2. The van der Waals surface area contributed by atoms with Crippen molar-refractivity contribution >= 4 is 40.7 Å². The van der Waals surface area contributed by atoms with E-state index in [9.17, 15) is 9.59 Å². The van der Waals surface area contributed by atoms with Crippen LogP contribution in [0.5, 0.6) is 0 Å². The summed E-state index contributed by atoms with van der Waals surface area (Å²) in [6.45, 7) is 4.39. The minimum absolute atomic E-state index is 0.00698. The molecule has 1 saturated carbocycles. The van der Waals surface area contributed by atoms with Crippen LogP contribution in [0.15, 0.2) is 24.3 Å². The maximum Gasteiger partial charge on any atom is 0.234 e. The van der Waals surface area contributed by atoms with Gasteiger partial charge in [0.05, 0.1) is 12.5 Å². The first-order chi connectivity index (χ1) is 13.9. The lowest BCUT2D eigenvalue weighted by Gasteiger charge is -2.44. The fourth-order valence-corrected chi connectivity index (χ4v) is 5.39. The van der Waals surface area contributed by atoms with Crippen molar-refractivity contribution in [1.29, 1.82) is 0 Å². The van der Waals surface area contributed by atoms with E-state index in [2.05, 4.69) is 12.2 Å². The highest BCUT2D eigenvalue weighted by molar-refractivity contribution is 7.80. The van der Waals surface area contributed by atoms with Crippen LogP contribution < -0.4 is 5.32 Å². The second kappa shape index (κ2) is 8.60. The molecule has 29 heavy (non-hydrogen) atoms. The molecule has 7 heteroatoms. The number of carbonyl (C=O) groups excluding carboxylic acids is 2. The van der Waals surface area contributed by atoms with Crippen LogP contribution in [0.2, 0.25) is 5.02 Å². The molecule has 4 atom stereocenters. The molecule has 2 heterocycles. The number of rotatable bonds is 3. The van der Waals surface area contributed by atoms with E-state index in [0.717, 1.165) is 37.9 Å². The van der Waals surface area contributed by atoms with Gasteiger partial charge in [-0.25, -0.2) is 0 Å². The van der Waals surface area contributed by atoms with Crippen LogP contribution in [0.25, 0.3) is 0 Å². The highest BCUT2D eigenvalue weighted by Crippen LogP contribution is 2.35. The standard InChI is InChI=1S/C22H28ClN3O2S/c1-14-3-2-10-25(12-14)20(27)16-6-9-18-19(11-16)24-22(29)26(21(18)28)13-15-4-7-17(23)8-5-15/h4-5,7-8,14,16,18-19H,2-3,6,9-13H2,1H3,(H,24,29). The molecule has 1 aromatic rings. The second-order valence-corrected chi connectivity index (χ2v) is 9.58. The summed E-state index contributed by atoms with van der Waals surface area (Å²) in [7, 11) is 0. The fraction of sp³-hybridized carbons (Fsp3) is 0.591. The molecule has 1 aliphatic carbocycles. The van der Waals surface area contributed by atoms with Gasteiger partial charge in [0.25, 0.3) is 0 Å². The molecule has 2 amide bonds. The number of piperidine rings is 1. The first-order valence-corrected chi connectivity index (χ1v) is 11.4. The molecule has 1 N–H and O–H groups in total. The summed E-state index contributed by atoms with van der Waals surface area (Å²) in [5, 5.41) is 4.50. The van der Waals surface area contributed by atoms with Gasteiger partial charge in [-0.05, 0) is 67.9 Å². The summed E-state index contributed by atoms with van der Waals surface area (Å²) in [6, 6.07) is 7.44. The van der Waals surface area contributed by atoms with Crippen molar-refractivity contribution in [3.05, 3.63) is 34.9 Å². The predicted molar refractivity (Wildman–Crippen MR) is 117 cm³/mol. The normalized spacial score (nSPS) is 30.0. The topological polar surface area (TPSA) is 52.7 Å². The van der Waals surface area contributed by atoms with Gasteiger partial charge in [-0.3, -0.25) is 14.5 Å². The van der Waals surface area contributed by atoms with Gasteiger partial charge in [0.15, 0.2) is 5.11 Å². The number of benzene rings is 1. The van der Waals surface area contributed by atoms with Crippen LogP contribution in [0, 0.1) is 17.8 Å². The number of halogens is 1. The molecule has 2 saturated heterocycles. The van der Waals surface area contributed by atoms with Crippen LogP contribution in [0.4, 0.5) is 0 Å². The van der Waals surface area contributed by atoms with Crippen molar-refractivity contribution < 1.29 is 9.59 Å². The van der Waals surface area contributed by atoms with E-state index in [4.69, 9.17) is 23.8 Å². The molecule has 156 valence electrons. The lowest BCUT2D eigenvalue weighted by molar-refractivity contribution is -0.143. The molecule has 0 spiro atoms. The maximum absolute atomic E-state index is 13.1.